The number of nitrogens with one attached hydrogen (secondary N) is 1. The van der Waals surface area contributed by atoms with E-state index in [-0.39, 0.29) is 0 Å². The summed E-state index contributed by atoms with van der Waals surface area (Å²) in [5.74, 6) is 0.492. The van der Waals surface area contributed by atoms with Crippen molar-refractivity contribution in [3.05, 3.63) is 70.8 Å². The number of hydrogen-bond acceptors (Lipinski definition) is 2. The van der Waals surface area contributed by atoms with Gasteiger partial charge >= 0.3 is 0 Å². The first-order valence-corrected chi connectivity index (χ1v) is 8.66. The van der Waals surface area contributed by atoms with Crippen molar-refractivity contribution in [1.82, 2.24) is 10.2 Å². The Morgan fingerprint density at radius 3 is 2.76 bits per heavy atom. The van der Waals surface area contributed by atoms with Crippen molar-refractivity contribution in [2.45, 2.75) is 26.4 Å². The molecule has 3 rings (SSSR count). The van der Waals surface area contributed by atoms with Crippen molar-refractivity contribution in [3.63, 3.8) is 0 Å². The largest absolute Gasteiger partial charge is 0.366 e. The van der Waals surface area contributed by atoms with Gasteiger partial charge in [-0.15, -0.1) is 0 Å². The number of carbonyl (C=O) groups excluding carboxylic acids is 1. The van der Waals surface area contributed by atoms with Gasteiger partial charge in [0.1, 0.15) is 0 Å². The number of nitrogens with two attached hydrogens (primary N) is 1. The molecule has 5 heteroatoms. The Bertz CT molecular complexity index is 785. The first-order valence-electron chi connectivity index (χ1n) is 8.66. The number of hydrogen-bond donors (Lipinski definition) is 2. The maximum absolute atomic E-state index is 11.3. The minimum Gasteiger partial charge on any atom is -0.366 e. The maximum atomic E-state index is 11.3. The molecule has 0 saturated carbocycles. The minimum absolute atomic E-state index is 0.412. The van der Waals surface area contributed by atoms with Crippen LogP contribution in [-0.2, 0) is 19.5 Å². The molecule has 0 aromatic heterocycles. The van der Waals surface area contributed by atoms with Gasteiger partial charge in [-0.05, 0) is 42.2 Å². The van der Waals surface area contributed by atoms with E-state index in [4.69, 9.17) is 10.7 Å². The lowest BCUT2D eigenvalue weighted by atomic mass is 10.0. The standard InChI is InChI=1S/C20H24N4O/c1-2-22-20(23-13-15-6-5-9-17(12-15)19(21)25)24-11-10-16-7-3-4-8-18(16)14-24/h3-9,12H,2,10-11,13-14H2,1H3,(H2,21,25)(H,22,23). The molecule has 0 radical (unpaired) electrons. The van der Waals surface area contributed by atoms with Crippen LogP contribution in [0.4, 0.5) is 0 Å². The quantitative estimate of drug-likeness (QED) is 0.665. The van der Waals surface area contributed by atoms with Gasteiger partial charge in [0.15, 0.2) is 5.96 Å². The summed E-state index contributed by atoms with van der Waals surface area (Å²) >= 11 is 0. The van der Waals surface area contributed by atoms with E-state index in [1.54, 1.807) is 12.1 Å². The SMILES string of the molecule is CCNC(=NCc1cccc(C(N)=O)c1)N1CCc2ccccc2C1. The van der Waals surface area contributed by atoms with Crippen LogP contribution in [0.25, 0.3) is 0 Å². The smallest absolute Gasteiger partial charge is 0.248 e. The molecule has 0 unspecified atom stereocenters. The number of rotatable bonds is 4. The van der Waals surface area contributed by atoms with Crippen molar-refractivity contribution in [2.75, 3.05) is 13.1 Å². The van der Waals surface area contributed by atoms with Crippen LogP contribution < -0.4 is 11.1 Å². The van der Waals surface area contributed by atoms with Crippen LogP contribution in [0.5, 0.6) is 0 Å². The van der Waals surface area contributed by atoms with Gasteiger partial charge in [0, 0.05) is 25.2 Å². The first-order chi connectivity index (χ1) is 12.2. The number of benzene rings is 2. The predicted octanol–water partition coefficient (Wildman–Crippen LogP) is 2.31. The van der Waals surface area contributed by atoms with Crippen molar-refractivity contribution >= 4 is 11.9 Å². The van der Waals surface area contributed by atoms with E-state index in [1.807, 2.05) is 12.1 Å². The van der Waals surface area contributed by atoms with Gasteiger partial charge in [-0.3, -0.25) is 4.79 Å². The molecule has 1 heterocycles. The summed E-state index contributed by atoms with van der Waals surface area (Å²) in [7, 11) is 0. The number of guanidine groups is 1. The van der Waals surface area contributed by atoms with Crippen molar-refractivity contribution in [2.24, 2.45) is 10.7 Å². The molecular weight excluding hydrogens is 312 g/mol. The van der Waals surface area contributed by atoms with Crippen molar-refractivity contribution in [3.8, 4) is 0 Å². The molecule has 0 saturated heterocycles. The Labute approximate surface area is 148 Å². The zero-order chi connectivity index (χ0) is 17.6. The summed E-state index contributed by atoms with van der Waals surface area (Å²) in [6.45, 7) is 5.22. The molecule has 25 heavy (non-hydrogen) atoms. The first kappa shape index (κ1) is 17.0. The molecule has 0 bridgehead atoms. The van der Waals surface area contributed by atoms with E-state index in [1.165, 1.54) is 11.1 Å². The van der Waals surface area contributed by atoms with Gasteiger partial charge < -0.3 is 16.0 Å². The minimum atomic E-state index is -0.412. The van der Waals surface area contributed by atoms with E-state index >= 15 is 0 Å². The Hall–Kier alpha value is -2.82. The summed E-state index contributed by atoms with van der Waals surface area (Å²) in [6.07, 6.45) is 1.03. The number of carbonyl (C=O) groups is 1. The fourth-order valence-corrected chi connectivity index (χ4v) is 3.09. The molecule has 1 aliphatic heterocycles. The second kappa shape index (κ2) is 7.83. The third-order valence-electron chi connectivity index (χ3n) is 4.39. The molecule has 5 nitrogen and oxygen atoms in total. The number of primary amides is 1. The number of amides is 1. The zero-order valence-corrected chi connectivity index (χ0v) is 14.5. The molecule has 0 fully saturated rings. The van der Waals surface area contributed by atoms with E-state index in [2.05, 4.69) is 41.4 Å². The average molecular weight is 336 g/mol. The summed E-state index contributed by atoms with van der Waals surface area (Å²) in [5, 5.41) is 3.38. The third kappa shape index (κ3) is 4.18. The summed E-state index contributed by atoms with van der Waals surface area (Å²) < 4.78 is 0. The summed E-state index contributed by atoms with van der Waals surface area (Å²) in [4.78, 5) is 18.4. The molecule has 3 N–H and O–H groups in total. The molecule has 0 spiro atoms. The van der Waals surface area contributed by atoms with E-state index in [0.717, 1.165) is 37.6 Å². The number of aliphatic imine (C=N–C) groups is 1. The third-order valence-corrected chi connectivity index (χ3v) is 4.39. The fourth-order valence-electron chi connectivity index (χ4n) is 3.09. The predicted molar refractivity (Wildman–Crippen MR) is 100 cm³/mol. The van der Waals surface area contributed by atoms with Crippen LogP contribution in [0.1, 0.15) is 34.0 Å². The van der Waals surface area contributed by atoms with Gasteiger partial charge in [-0.25, -0.2) is 4.99 Å². The van der Waals surface area contributed by atoms with Crippen LogP contribution in [0, 0.1) is 0 Å². The maximum Gasteiger partial charge on any atom is 0.248 e. The average Bonchev–Trinajstić information content (AvgIpc) is 2.65. The van der Waals surface area contributed by atoms with Crippen LogP contribution in [-0.4, -0.2) is 29.9 Å². The lowest BCUT2D eigenvalue weighted by Gasteiger charge is -2.31. The topological polar surface area (TPSA) is 70.7 Å². The number of nitrogens with zero attached hydrogens (tertiary/aromatic N) is 2. The molecule has 0 aliphatic carbocycles. The van der Waals surface area contributed by atoms with Crippen LogP contribution in [0.2, 0.25) is 0 Å². The fraction of sp³-hybridized carbons (Fsp3) is 0.300. The van der Waals surface area contributed by atoms with Gasteiger partial charge in [-0.2, -0.15) is 0 Å². The van der Waals surface area contributed by atoms with Gasteiger partial charge in [0.25, 0.3) is 0 Å². The van der Waals surface area contributed by atoms with Gasteiger partial charge in [0.2, 0.25) is 5.91 Å². The molecular formula is C20H24N4O. The highest BCUT2D eigenvalue weighted by molar-refractivity contribution is 5.92. The number of fused-ring (bicyclic) bond motifs is 1. The second-order valence-electron chi connectivity index (χ2n) is 6.18. The van der Waals surface area contributed by atoms with Gasteiger partial charge in [0.05, 0.1) is 6.54 Å². The highest BCUT2D eigenvalue weighted by Gasteiger charge is 2.18. The van der Waals surface area contributed by atoms with E-state index < -0.39 is 5.91 Å². The second-order valence-corrected chi connectivity index (χ2v) is 6.18. The Kier molecular flexibility index (Phi) is 5.33. The lowest BCUT2D eigenvalue weighted by Crippen LogP contribution is -2.44. The van der Waals surface area contributed by atoms with Crippen molar-refractivity contribution in [1.29, 1.82) is 0 Å². The summed E-state index contributed by atoms with van der Waals surface area (Å²) in [5.41, 5.74) is 9.62. The lowest BCUT2D eigenvalue weighted by molar-refractivity contribution is 0.1000. The Morgan fingerprint density at radius 1 is 1.20 bits per heavy atom. The molecule has 1 aliphatic rings. The van der Waals surface area contributed by atoms with Crippen molar-refractivity contribution < 1.29 is 4.79 Å². The zero-order valence-electron chi connectivity index (χ0n) is 14.5. The Morgan fingerprint density at radius 2 is 2.00 bits per heavy atom. The van der Waals surface area contributed by atoms with Crippen LogP contribution >= 0.6 is 0 Å². The molecule has 130 valence electrons. The van der Waals surface area contributed by atoms with Gasteiger partial charge in [-0.1, -0.05) is 36.4 Å². The molecule has 1 amide bonds. The summed E-state index contributed by atoms with van der Waals surface area (Å²) in [6, 6.07) is 15.9. The highest BCUT2D eigenvalue weighted by Crippen LogP contribution is 2.18. The molecule has 2 aromatic carbocycles. The van der Waals surface area contributed by atoms with Crippen LogP contribution in [0.15, 0.2) is 53.5 Å². The Balaban J connectivity index is 1.76. The molecule has 2 aromatic rings. The molecule has 0 atom stereocenters. The highest BCUT2D eigenvalue weighted by atomic mass is 16.1. The van der Waals surface area contributed by atoms with E-state index in [0.29, 0.717) is 12.1 Å². The van der Waals surface area contributed by atoms with E-state index in [9.17, 15) is 4.79 Å². The monoisotopic (exact) mass is 336 g/mol. The van der Waals surface area contributed by atoms with Crippen LogP contribution in [0.3, 0.4) is 0 Å². The normalized spacial score (nSPS) is 14.1.